The maximum absolute atomic E-state index is 12.4. The number of carbonyl (C=O) groups excluding carboxylic acids is 1. The smallest absolute Gasteiger partial charge is 0.349 e. The zero-order chi connectivity index (χ0) is 20.8. The van der Waals surface area contributed by atoms with Crippen molar-refractivity contribution in [2.45, 2.75) is 13.5 Å². The first-order valence-electron chi connectivity index (χ1n) is 8.84. The molecule has 0 fully saturated rings. The number of carbonyl (C=O) groups is 1. The number of rotatable bonds is 7. The summed E-state index contributed by atoms with van der Waals surface area (Å²) < 4.78 is 0. The van der Waals surface area contributed by atoms with Crippen molar-refractivity contribution >= 4 is 23.2 Å². The summed E-state index contributed by atoms with van der Waals surface area (Å²) in [5.41, 5.74) is 6.92. The van der Waals surface area contributed by atoms with E-state index in [9.17, 15) is 14.9 Å². The van der Waals surface area contributed by atoms with E-state index >= 15 is 0 Å². The number of aryl methyl sites for hydroxylation is 1. The van der Waals surface area contributed by atoms with Gasteiger partial charge in [0, 0.05) is 19.2 Å². The van der Waals surface area contributed by atoms with Gasteiger partial charge in [-0.3, -0.25) is 25.8 Å². The normalized spacial score (nSPS) is 10.3. The number of nitrogens with zero attached hydrogens (tertiary/aromatic N) is 4. The number of amides is 1. The van der Waals surface area contributed by atoms with Gasteiger partial charge in [0.1, 0.15) is 6.33 Å². The third kappa shape index (κ3) is 4.64. The molecule has 0 saturated carbocycles. The Morgan fingerprint density at radius 1 is 1.10 bits per heavy atom. The van der Waals surface area contributed by atoms with Crippen LogP contribution in [0.2, 0.25) is 0 Å². The number of anilines is 2. The lowest BCUT2D eigenvalue weighted by Crippen LogP contribution is -2.31. The highest BCUT2D eigenvalue weighted by atomic mass is 16.6. The molecule has 0 aliphatic carbocycles. The van der Waals surface area contributed by atoms with Crippen LogP contribution in [0.3, 0.4) is 0 Å². The maximum atomic E-state index is 12.4. The van der Waals surface area contributed by atoms with Crippen molar-refractivity contribution < 1.29 is 9.72 Å². The Bertz CT molecular complexity index is 1030. The van der Waals surface area contributed by atoms with Crippen LogP contribution in [-0.2, 0) is 6.54 Å². The first kappa shape index (κ1) is 19.7. The molecule has 29 heavy (non-hydrogen) atoms. The minimum Gasteiger partial charge on any atom is -0.349 e. The van der Waals surface area contributed by atoms with Gasteiger partial charge in [0.2, 0.25) is 11.6 Å². The maximum Gasteiger partial charge on any atom is 0.355 e. The Kier molecular flexibility index (Phi) is 5.98. The molecule has 2 aromatic carbocycles. The van der Waals surface area contributed by atoms with Gasteiger partial charge in [-0.05, 0) is 24.1 Å². The standard InChI is InChI=1S/C20H20N6O3/c1-14-8-6-7-11-16(14)20(27)24-23-18-17(26(28)29)19(22-13-21-18)25(2)12-15-9-4-3-5-10-15/h3-11,13H,12H2,1-2H3,(H,24,27)(H,21,22,23). The third-order valence-electron chi connectivity index (χ3n) is 4.29. The molecule has 1 aromatic heterocycles. The van der Waals surface area contributed by atoms with Crippen LogP contribution >= 0.6 is 0 Å². The average molecular weight is 392 g/mol. The second-order valence-corrected chi connectivity index (χ2v) is 6.39. The lowest BCUT2D eigenvalue weighted by Gasteiger charge is -2.19. The first-order valence-corrected chi connectivity index (χ1v) is 8.84. The van der Waals surface area contributed by atoms with E-state index in [1.807, 2.05) is 36.4 Å². The zero-order valence-corrected chi connectivity index (χ0v) is 16.0. The third-order valence-corrected chi connectivity index (χ3v) is 4.29. The van der Waals surface area contributed by atoms with Crippen molar-refractivity contribution in [1.29, 1.82) is 0 Å². The van der Waals surface area contributed by atoms with Gasteiger partial charge in [-0.2, -0.15) is 0 Å². The second kappa shape index (κ2) is 8.79. The molecule has 1 amide bonds. The zero-order valence-electron chi connectivity index (χ0n) is 16.0. The van der Waals surface area contributed by atoms with Gasteiger partial charge in [0.05, 0.1) is 4.92 Å². The monoisotopic (exact) mass is 392 g/mol. The largest absolute Gasteiger partial charge is 0.355 e. The molecule has 148 valence electrons. The predicted molar refractivity (Wildman–Crippen MR) is 110 cm³/mol. The quantitative estimate of drug-likeness (QED) is 0.469. The first-order chi connectivity index (χ1) is 14.0. The van der Waals surface area contributed by atoms with Crippen LogP contribution in [0.4, 0.5) is 17.3 Å². The number of hydrazine groups is 1. The summed E-state index contributed by atoms with van der Waals surface area (Å²) in [6.45, 7) is 2.23. The van der Waals surface area contributed by atoms with E-state index in [2.05, 4.69) is 20.8 Å². The number of nitro groups is 1. The molecule has 0 aliphatic heterocycles. The SMILES string of the molecule is Cc1ccccc1C(=O)NNc1ncnc(N(C)Cc2ccccc2)c1[N+](=O)[O-]. The van der Waals surface area contributed by atoms with Crippen molar-refractivity contribution in [2.24, 2.45) is 0 Å². The van der Waals surface area contributed by atoms with Gasteiger partial charge in [-0.25, -0.2) is 9.97 Å². The summed E-state index contributed by atoms with van der Waals surface area (Å²) in [5, 5.41) is 11.7. The van der Waals surface area contributed by atoms with E-state index in [-0.39, 0.29) is 17.3 Å². The Morgan fingerprint density at radius 2 is 1.79 bits per heavy atom. The highest BCUT2D eigenvalue weighted by Gasteiger charge is 2.26. The molecule has 0 radical (unpaired) electrons. The summed E-state index contributed by atoms with van der Waals surface area (Å²) in [5.74, 6) is -0.376. The van der Waals surface area contributed by atoms with Crippen LogP contribution in [0.5, 0.6) is 0 Å². The van der Waals surface area contributed by atoms with Gasteiger partial charge < -0.3 is 4.90 Å². The van der Waals surface area contributed by atoms with Gasteiger partial charge in [0.25, 0.3) is 5.91 Å². The fourth-order valence-electron chi connectivity index (χ4n) is 2.85. The lowest BCUT2D eigenvalue weighted by atomic mass is 10.1. The summed E-state index contributed by atoms with van der Waals surface area (Å²) in [6, 6.07) is 16.6. The fraction of sp³-hybridized carbons (Fsp3) is 0.150. The number of benzene rings is 2. The molecule has 0 bridgehead atoms. The summed E-state index contributed by atoms with van der Waals surface area (Å²) >= 11 is 0. The Morgan fingerprint density at radius 3 is 2.48 bits per heavy atom. The van der Waals surface area contributed by atoms with Crippen LogP contribution < -0.4 is 15.8 Å². The minimum absolute atomic E-state index is 0.0955. The van der Waals surface area contributed by atoms with Crippen LogP contribution in [0.15, 0.2) is 60.9 Å². The molecule has 2 N–H and O–H groups in total. The summed E-state index contributed by atoms with van der Waals surface area (Å²) in [7, 11) is 1.71. The number of hydrogen-bond donors (Lipinski definition) is 2. The molecule has 0 aliphatic rings. The Balaban J connectivity index is 1.82. The molecule has 1 heterocycles. The topological polar surface area (TPSA) is 113 Å². The summed E-state index contributed by atoms with van der Waals surface area (Å²) in [6.07, 6.45) is 1.21. The number of nitrogens with one attached hydrogen (secondary N) is 2. The van der Waals surface area contributed by atoms with Crippen molar-refractivity contribution in [3.8, 4) is 0 Å². The molecule has 9 heteroatoms. The second-order valence-electron chi connectivity index (χ2n) is 6.39. The van der Waals surface area contributed by atoms with Crippen LogP contribution in [0.25, 0.3) is 0 Å². The molecule has 3 aromatic rings. The van der Waals surface area contributed by atoms with E-state index in [4.69, 9.17) is 0 Å². The number of aromatic nitrogens is 2. The van der Waals surface area contributed by atoms with Crippen LogP contribution in [-0.4, -0.2) is 27.8 Å². The molecule has 0 saturated heterocycles. The molecular weight excluding hydrogens is 372 g/mol. The number of hydrogen-bond acceptors (Lipinski definition) is 7. The summed E-state index contributed by atoms with van der Waals surface area (Å²) in [4.78, 5) is 33.2. The Hall–Kier alpha value is -4.01. The Labute approximate surface area is 167 Å². The fourth-order valence-corrected chi connectivity index (χ4v) is 2.85. The minimum atomic E-state index is -0.570. The highest BCUT2D eigenvalue weighted by molar-refractivity contribution is 5.96. The molecule has 9 nitrogen and oxygen atoms in total. The predicted octanol–water partition coefficient (Wildman–Crippen LogP) is 3.09. The van der Waals surface area contributed by atoms with E-state index in [0.29, 0.717) is 12.1 Å². The van der Waals surface area contributed by atoms with Crippen LogP contribution in [0, 0.1) is 17.0 Å². The van der Waals surface area contributed by atoms with E-state index < -0.39 is 10.8 Å². The average Bonchev–Trinajstić information content (AvgIpc) is 2.72. The van der Waals surface area contributed by atoms with Crippen LogP contribution in [0.1, 0.15) is 21.5 Å². The van der Waals surface area contributed by atoms with E-state index in [1.165, 1.54) is 6.33 Å². The highest BCUT2D eigenvalue weighted by Crippen LogP contribution is 2.31. The van der Waals surface area contributed by atoms with Gasteiger partial charge in [0.15, 0.2) is 0 Å². The van der Waals surface area contributed by atoms with E-state index in [1.54, 1.807) is 37.1 Å². The molecular formula is C20H20N6O3. The molecule has 0 unspecified atom stereocenters. The van der Waals surface area contributed by atoms with Gasteiger partial charge in [-0.15, -0.1) is 0 Å². The van der Waals surface area contributed by atoms with Crippen molar-refractivity contribution in [1.82, 2.24) is 15.4 Å². The molecule has 0 spiro atoms. The van der Waals surface area contributed by atoms with Crippen molar-refractivity contribution in [2.75, 3.05) is 17.4 Å². The van der Waals surface area contributed by atoms with Crippen molar-refractivity contribution in [3.63, 3.8) is 0 Å². The molecule has 0 atom stereocenters. The van der Waals surface area contributed by atoms with E-state index in [0.717, 1.165) is 11.1 Å². The molecule has 3 rings (SSSR count). The van der Waals surface area contributed by atoms with Gasteiger partial charge >= 0.3 is 5.69 Å². The van der Waals surface area contributed by atoms with Crippen molar-refractivity contribution in [3.05, 3.63) is 87.7 Å². The van der Waals surface area contributed by atoms with Gasteiger partial charge in [-0.1, -0.05) is 48.5 Å². The lowest BCUT2D eigenvalue weighted by molar-refractivity contribution is -0.383.